The molecule has 2 fully saturated rings. The summed E-state index contributed by atoms with van der Waals surface area (Å²) in [6.07, 6.45) is 8.54. The molecule has 28 heavy (non-hydrogen) atoms. The third-order valence-corrected chi connectivity index (χ3v) is 7.39. The van der Waals surface area contributed by atoms with Gasteiger partial charge in [0.15, 0.2) is 5.13 Å². The van der Waals surface area contributed by atoms with Crippen molar-refractivity contribution in [2.24, 2.45) is 5.92 Å². The topological polar surface area (TPSA) is 91.4 Å². The molecule has 1 atom stereocenters. The number of amides is 4. The lowest BCUT2D eigenvalue weighted by Gasteiger charge is -2.19. The van der Waals surface area contributed by atoms with Crippen molar-refractivity contribution in [3.8, 4) is 0 Å². The number of carbonyl (C=O) groups excluding carboxylic acids is 3. The Bertz CT molecular complexity index is 784. The van der Waals surface area contributed by atoms with E-state index in [1.54, 1.807) is 11.3 Å². The van der Waals surface area contributed by atoms with Crippen LogP contribution in [0.4, 0.5) is 9.93 Å². The first kappa shape index (κ1) is 19.4. The first-order valence-electron chi connectivity index (χ1n) is 10.4. The van der Waals surface area contributed by atoms with Gasteiger partial charge in [-0.3, -0.25) is 14.5 Å². The van der Waals surface area contributed by atoms with Crippen molar-refractivity contribution < 1.29 is 14.4 Å². The van der Waals surface area contributed by atoms with E-state index < -0.39 is 5.54 Å². The second-order valence-corrected chi connectivity index (χ2v) is 9.32. The van der Waals surface area contributed by atoms with Crippen LogP contribution in [0.15, 0.2) is 0 Å². The number of rotatable bonds is 6. The third-order valence-electron chi connectivity index (χ3n) is 6.35. The maximum atomic E-state index is 12.6. The Morgan fingerprint density at radius 1 is 1.36 bits per heavy atom. The minimum atomic E-state index is -0.671. The standard InChI is InChI=1S/C20H28N4O3S/c1-2-13-7-8-14-15(12-13)28-18(21-14)22-16(25)6-5-11-24-17(26)20(23-19(24)27)9-3-4-10-20/h13H,2-12H2,1H3,(H,23,27)(H,21,22,25). The zero-order valence-electron chi connectivity index (χ0n) is 16.4. The number of carbonyl (C=O) groups is 3. The van der Waals surface area contributed by atoms with Gasteiger partial charge in [-0.05, 0) is 44.4 Å². The number of aryl methyl sites for hydroxylation is 1. The maximum absolute atomic E-state index is 12.6. The van der Waals surface area contributed by atoms with Crippen LogP contribution in [-0.4, -0.2) is 39.8 Å². The van der Waals surface area contributed by atoms with Crippen LogP contribution in [0.3, 0.4) is 0 Å². The molecule has 0 radical (unpaired) electrons. The summed E-state index contributed by atoms with van der Waals surface area (Å²) in [5, 5.41) is 6.44. The van der Waals surface area contributed by atoms with Crippen LogP contribution in [-0.2, 0) is 22.4 Å². The Balaban J connectivity index is 1.26. The Kier molecular flexibility index (Phi) is 5.40. The van der Waals surface area contributed by atoms with Crippen molar-refractivity contribution in [2.45, 2.75) is 76.7 Å². The third kappa shape index (κ3) is 3.66. The van der Waals surface area contributed by atoms with E-state index in [0.717, 1.165) is 50.1 Å². The average molecular weight is 405 g/mol. The fourth-order valence-electron chi connectivity index (χ4n) is 4.62. The number of nitrogens with zero attached hydrogens (tertiary/aromatic N) is 2. The molecule has 7 nitrogen and oxygen atoms in total. The van der Waals surface area contributed by atoms with Crippen molar-refractivity contribution in [1.29, 1.82) is 0 Å². The van der Waals surface area contributed by atoms with Crippen LogP contribution in [0.2, 0.25) is 0 Å². The number of hydrogen-bond acceptors (Lipinski definition) is 5. The number of anilines is 1. The fraction of sp³-hybridized carbons (Fsp3) is 0.700. The van der Waals surface area contributed by atoms with E-state index in [9.17, 15) is 14.4 Å². The first-order valence-corrected chi connectivity index (χ1v) is 11.2. The number of fused-ring (bicyclic) bond motifs is 1. The quantitative estimate of drug-likeness (QED) is 0.712. The van der Waals surface area contributed by atoms with E-state index in [1.165, 1.54) is 22.6 Å². The lowest BCUT2D eigenvalue weighted by molar-refractivity contribution is -0.131. The van der Waals surface area contributed by atoms with E-state index in [2.05, 4.69) is 22.5 Å². The summed E-state index contributed by atoms with van der Waals surface area (Å²) in [5.41, 5.74) is 0.460. The molecular formula is C20H28N4O3S. The van der Waals surface area contributed by atoms with Crippen LogP contribution in [0, 0.1) is 5.92 Å². The van der Waals surface area contributed by atoms with Gasteiger partial charge in [0.1, 0.15) is 5.54 Å². The number of aromatic nitrogens is 1. The second-order valence-electron chi connectivity index (χ2n) is 8.23. The predicted octanol–water partition coefficient (Wildman–Crippen LogP) is 3.24. The molecule has 1 aromatic rings. The molecule has 1 saturated carbocycles. The molecule has 8 heteroatoms. The summed E-state index contributed by atoms with van der Waals surface area (Å²) in [6, 6.07) is -0.314. The van der Waals surface area contributed by atoms with Crippen molar-refractivity contribution >= 4 is 34.3 Å². The fourth-order valence-corrected chi connectivity index (χ4v) is 5.76. The zero-order chi connectivity index (χ0) is 19.7. The van der Waals surface area contributed by atoms with Gasteiger partial charge in [0, 0.05) is 17.8 Å². The van der Waals surface area contributed by atoms with Gasteiger partial charge in [0.25, 0.3) is 5.91 Å². The molecule has 1 spiro atoms. The number of imide groups is 1. The average Bonchev–Trinajstić information content (AvgIpc) is 3.35. The minimum absolute atomic E-state index is 0.110. The molecule has 0 aromatic carbocycles. The Hall–Kier alpha value is -1.96. The van der Waals surface area contributed by atoms with E-state index in [4.69, 9.17) is 0 Å². The smallest absolute Gasteiger partial charge is 0.323 e. The van der Waals surface area contributed by atoms with Gasteiger partial charge in [0.05, 0.1) is 5.69 Å². The largest absolute Gasteiger partial charge is 0.325 e. The van der Waals surface area contributed by atoms with E-state index in [1.807, 2.05) is 0 Å². The highest BCUT2D eigenvalue weighted by Crippen LogP contribution is 2.35. The lowest BCUT2D eigenvalue weighted by atomic mass is 9.89. The monoisotopic (exact) mass is 404 g/mol. The molecular weight excluding hydrogens is 376 g/mol. The molecule has 2 aliphatic carbocycles. The van der Waals surface area contributed by atoms with Crippen molar-refractivity contribution in [1.82, 2.24) is 15.2 Å². The van der Waals surface area contributed by atoms with Crippen molar-refractivity contribution in [2.75, 3.05) is 11.9 Å². The molecule has 3 aliphatic rings. The van der Waals surface area contributed by atoms with Crippen LogP contribution in [0.1, 0.15) is 68.9 Å². The Labute approximate surface area is 169 Å². The number of urea groups is 1. The number of hydrogen-bond donors (Lipinski definition) is 2. The van der Waals surface area contributed by atoms with Crippen LogP contribution >= 0.6 is 11.3 Å². The van der Waals surface area contributed by atoms with Crippen molar-refractivity contribution in [3.05, 3.63) is 10.6 Å². The van der Waals surface area contributed by atoms with Gasteiger partial charge in [-0.15, -0.1) is 11.3 Å². The summed E-state index contributed by atoms with van der Waals surface area (Å²) in [4.78, 5) is 44.2. The molecule has 4 amide bonds. The molecule has 2 heterocycles. The zero-order valence-corrected chi connectivity index (χ0v) is 17.2. The summed E-state index contributed by atoms with van der Waals surface area (Å²) in [6.45, 7) is 2.51. The highest BCUT2D eigenvalue weighted by Gasteiger charge is 2.52. The Morgan fingerprint density at radius 2 is 2.14 bits per heavy atom. The highest BCUT2D eigenvalue weighted by atomic mass is 32.1. The van der Waals surface area contributed by atoms with Gasteiger partial charge in [-0.2, -0.15) is 0 Å². The van der Waals surface area contributed by atoms with Gasteiger partial charge in [-0.25, -0.2) is 9.78 Å². The first-order chi connectivity index (χ1) is 13.5. The van der Waals surface area contributed by atoms with Gasteiger partial charge < -0.3 is 10.6 Å². The molecule has 0 bridgehead atoms. The predicted molar refractivity (Wildman–Crippen MR) is 107 cm³/mol. The maximum Gasteiger partial charge on any atom is 0.325 e. The van der Waals surface area contributed by atoms with Gasteiger partial charge in [0.2, 0.25) is 5.91 Å². The lowest BCUT2D eigenvalue weighted by Crippen LogP contribution is -2.44. The molecule has 1 unspecified atom stereocenters. The normalized spacial score (nSPS) is 23.2. The van der Waals surface area contributed by atoms with E-state index >= 15 is 0 Å². The number of thiazole rings is 1. The molecule has 2 N–H and O–H groups in total. The summed E-state index contributed by atoms with van der Waals surface area (Å²) in [5.74, 6) is 0.498. The molecule has 1 aromatic heterocycles. The summed E-state index contributed by atoms with van der Waals surface area (Å²) < 4.78 is 0. The number of nitrogens with one attached hydrogen (secondary N) is 2. The summed E-state index contributed by atoms with van der Waals surface area (Å²) in [7, 11) is 0. The van der Waals surface area contributed by atoms with E-state index in [-0.39, 0.29) is 30.8 Å². The van der Waals surface area contributed by atoms with Crippen LogP contribution in [0.5, 0.6) is 0 Å². The molecule has 1 aliphatic heterocycles. The van der Waals surface area contributed by atoms with Gasteiger partial charge in [-0.1, -0.05) is 26.2 Å². The van der Waals surface area contributed by atoms with Crippen LogP contribution < -0.4 is 10.6 Å². The van der Waals surface area contributed by atoms with Crippen molar-refractivity contribution in [3.63, 3.8) is 0 Å². The Morgan fingerprint density at radius 3 is 2.89 bits per heavy atom. The van der Waals surface area contributed by atoms with Gasteiger partial charge >= 0.3 is 6.03 Å². The second kappa shape index (κ2) is 7.81. The van der Waals surface area contributed by atoms with E-state index in [0.29, 0.717) is 11.6 Å². The minimum Gasteiger partial charge on any atom is -0.323 e. The molecule has 4 rings (SSSR count). The van der Waals surface area contributed by atoms with Crippen LogP contribution in [0.25, 0.3) is 0 Å². The SMILES string of the molecule is CCC1CCc2nc(NC(=O)CCCN3C(=O)NC4(CCCC4)C3=O)sc2C1. The molecule has 152 valence electrons. The molecule has 1 saturated heterocycles. The highest BCUT2D eigenvalue weighted by molar-refractivity contribution is 7.15. The summed E-state index contributed by atoms with van der Waals surface area (Å²) >= 11 is 1.58.